The van der Waals surface area contributed by atoms with Crippen LogP contribution in [-0.2, 0) is 18.9 Å². The first-order chi connectivity index (χ1) is 17.9. The van der Waals surface area contributed by atoms with Crippen LogP contribution < -0.4 is 21.5 Å². The van der Waals surface area contributed by atoms with Gasteiger partial charge in [0.15, 0.2) is 5.82 Å². The van der Waals surface area contributed by atoms with Crippen molar-refractivity contribution in [1.29, 1.82) is 0 Å². The summed E-state index contributed by atoms with van der Waals surface area (Å²) in [5, 5.41) is 12.5. The molecule has 4 aromatic rings. The van der Waals surface area contributed by atoms with Crippen LogP contribution in [0.3, 0.4) is 0 Å². The molecule has 4 aromatic heterocycles. The van der Waals surface area contributed by atoms with Gasteiger partial charge in [0.05, 0.1) is 27.8 Å². The first kappa shape index (κ1) is 19.0. The number of aryl methyl sites for hydroxylation is 3. The minimum Gasteiger partial charge on any atom is -0.355 e. The second-order valence-corrected chi connectivity index (χ2v) is 8.63. The Bertz CT molecular complexity index is 1630. The van der Waals surface area contributed by atoms with Crippen molar-refractivity contribution in [2.24, 2.45) is 20.0 Å². The third-order valence-electron chi connectivity index (χ3n) is 6.12. The quantitative estimate of drug-likeness (QED) is 0.391. The number of carbonyl (C=O) groups is 2. The zero-order chi connectivity index (χ0) is 27.4. The number of fused-ring (bicyclic) bond motifs is 1. The molecule has 0 aromatic carbocycles. The predicted molar refractivity (Wildman–Crippen MR) is 132 cm³/mol. The molecule has 4 heterocycles. The van der Waals surface area contributed by atoms with Crippen LogP contribution >= 0.6 is 0 Å². The van der Waals surface area contributed by atoms with Crippen LogP contribution in [0, 0.1) is 12.8 Å². The van der Waals surface area contributed by atoms with Crippen molar-refractivity contribution < 1.29 is 13.7 Å². The molecule has 2 amide bonds. The van der Waals surface area contributed by atoms with Gasteiger partial charge in [0.25, 0.3) is 11.5 Å². The van der Waals surface area contributed by atoms with Crippen molar-refractivity contribution in [3.63, 3.8) is 0 Å². The number of hydrogen-bond donors (Lipinski definition) is 3. The molecule has 1 saturated carbocycles. The molecule has 35 heavy (non-hydrogen) atoms. The highest BCUT2D eigenvalue weighted by atomic mass is 16.2. The second kappa shape index (κ2) is 8.42. The van der Waals surface area contributed by atoms with E-state index in [-0.39, 0.29) is 34.5 Å². The Morgan fingerprint density at radius 3 is 2.69 bits per heavy atom. The molecule has 180 valence electrons. The van der Waals surface area contributed by atoms with Crippen molar-refractivity contribution in [1.82, 2.24) is 29.2 Å². The largest absolute Gasteiger partial charge is 0.355 e. The Balaban J connectivity index is 1.59. The van der Waals surface area contributed by atoms with Gasteiger partial charge in [0.1, 0.15) is 5.82 Å². The highest BCUT2D eigenvalue weighted by Gasteiger charge is 2.30. The molecule has 0 radical (unpaired) electrons. The maximum absolute atomic E-state index is 13.6. The van der Waals surface area contributed by atoms with Gasteiger partial charge in [-0.3, -0.25) is 23.6 Å². The van der Waals surface area contributed by atoms with Crippen molar-refractivity contribution in [3.05, 3.63) is 58.4 Å². The third-order valence-corrected chi connectivity index (χ3v) is 6.12. The van der Waals surface area contributed by atoms with E-state index in [2.05, 4.69) is 20.7 Å². The first-order valence-electron chi connectivity index (χ1n) is 12.5. The monoisotopic (exact) mass is 477 g/mol. The molecule has 0 bridgehead atoms. The molecule has 0 spiro atoms. The van der Waals surface area contributed by atoms with Crippen LogP contribution in [0.5, 0.6) is 0 Å². The summed E-state index contributed by atoms with van der Waals surface area (Å²) >= 11 is 0. The minimum atomic E-state index is -2.72. The molecule has 0 saturated heterocycles. The van der Waals surface area contributed by atoms with E-state index in [9.17, 15) is 14.4 Å². The summed E-state index contributed by atoms with van der Waals surface area (Å²) in [7, 11) is 3.56. The lowest BCUT2D eigenvalue weighted by atomic mass is 10.2. The lowest BCUT2D eigenvalue weighted by Gasteiger charge is -2.13. The molecule has 0 atom stereocenters. The normalized spacial score (nSPS) is 14.8. The fourth-order valence-electron chi connectivity index (χ4n) is 3.93. The Morgan fingerprint density at radius 1 is 1.20 bits per heavy atom. The summed E-state index contributed by atoms with van der Waals surface area (Å²) in [6.07, 6.45) is 6.12. The number of amides is 2. The van der Waals surface area contributed by atoms with E-state index in [0.717, 1.165) is 18.5 Å². The van der Waals surface area contributed by atoms with E-state index >= 15 is 0 Å². The smallest absolute Gasteiger partial charge is 0.267 e. The highest BCUT2D eigenvalue weighted by Crippen LogP contribution is 2.32. The highest BCUT2D eigenvalue weighted by molar-refractivity contribution is 6.03. The summed E-state index contributed by atoms with van der Waals surface area (Å²) in [5.41, 5.74) is 1.65. The summed E-state index contributed by atoms with van der Waals surface area (Å²) in [6, 6.07) is 5.01. The molecule has 0 aliphatic heterocycles. The number of aromatic nitrogens is 5. The lowest BCUT2D eigenvalue weighted by molar-refractivity contribution is -0.117. The molecule has 11 nitrogen and oxygen atoms in total. The van der Waals surface area contributed by atoms with Gasteiger partial charge in [-0.05, 0) is 25.8 Å². The van der Waals surface area contributed by atoms with Gasteiger partial charge in [-0.1, -0.05) is 0 Å². The Labute approximate surface area is 205 Å². The standard InChI is InChI=1S/C24H26N8O3/c1-13-9-20(29-31(13)4)32-8-7-18-21(24(32)35)17(12-30(18)3)27-16-10-19(28-22(33)14-5-6-14)26-11-15(16)23(34)25-2/h7-12,14H,5-6H2,1-4H3,(H,25,34)(H2,26,27,28,33)/i2D3. The third kappa shape index (κ3) is 4.05. The van der Waals surface area contributed by atoms with E-state index in [1.807, 2.05) is 12.2 Å². The van der Waals surface area contributed by atoms with E-state index in [1.165, 1.54) is 16.8 Å². The fraction of sp³-hybridized carbons (Fsp3) is 0.292. The van der Waals surface area contributed by atoms with Gasteiger partial charge < -0.3 is 20.5 Å². The second-order valence-electron chi connectivity index (χ2n) is 8.63. The molecule has 1 aliphatic rings. The van der Waals surface area contributed by atoms with E-state index in [1.54, 1.807) is 47.9 Å². The Morgan fingerprint density at radius 2 is 2.00 bits per heavy atom. The van der Waals surface area contributed by atoms with Crippen LogP contribution in [-0.4, -0.2) is 42.7 Å². The first-order valence-corrected chi connectivity index (χ1v) is 11.0. The predicted octanol–water partition coefficient (Wildman–Crippen LogP) is 2.22. The summed E-state index contributed by atoms with van der Waals surface area (Å²) in [4.78, 5) is 42.8. The summed E-state index contributed by atoms with van der Waals surface area (Å²) in [6.45, 7) is -0.842. The van der Waals surface area contributed by atoms with Crippen molar-refractivity contribution in [2.75, 3.05) is 17.6 Å². The van der Waals surface area contributed by atoms with Gasteiger partial charge in [-0.25, -0.2) is 4.98 Å². The number of hydrogen-bond acceptors (Lipinski definition) is 6. The molecule has 3 N–H and O–H groups in total. The molecular formula is C24H26N8O3. The maximum atomic E-state index is 13.6. The number of carbonyl (C=O) groups excluding carboxylic acids is 2. The Hall–Kier alpha value is -4.41. The van der Waals surface area contributed by atoms with E-state index < -0.39 is 12.9 Å². The molecule has 5 rings (SSSR count). The zero-order valence-electron chi connectivity index (χ0n) is 22.4. The van der Waals surface area contributed by atoms with Crippen molar-refractivity contribution >= 4 is 39.9 Å². The van der Waals surface area contributed by atoms with Crippen LogP contribution in [0.25, 0.3) is 16.7 Å². The van der Waals surface area contributed by atoms with Gasteiger partial charge >= 0.3 is 0 Å². The number of anilines is 3. The van der Waals surface area contributed by atoms with Crippen molar-refractivity contribution in [3.8, 4) is 5.82 Å². The topological polar surface area (TPSA) is 128 Å². The van der Waals surface area contributed by atoms with Gasteiger partial charge in [-0.15, -0.1) is 0 Å². The average molecular weight is 478 g/mol. The van der Waals surface area contributed by atoms with Crippen LogP contribution in [0.1, 0.15) is 33.0 Å². The maximum Gasteiger partial charge on any atom is 0.267 e. The summed E-state index contributed by atoms with van der Waals surface area (Å²) < 4.78 is 27.1. The Kier molecular flexibility index (Phi) is 4.56. The van der Waals surface area contributed by atoms with E-state index in [0.29, 0.717) is 22.4 Å². The number of rotatable bonds is 6. The van der Waals surface area contributed by atoms with Crippen LogP contribution in [0.2, 0.25) is 0 Å². The number of nitrogens with zero attached hydrogens (tertiary/aromatic N) is 5. The summed E-state index contributed by atoms with van der Waals surface area (Å²) in [5.74, 6) is -0.489. The van der Waals surface area contributed by atoms with Gasteiger partial charge in [-0.2, -0.15) is 5.10 Å². The average Bonchev–Trinajstić information content (AvgIpc) is 3.56. The molecular weight excluding hydrogens is 448 g/mol. The SMILES string of the molecule is [2H]C([2H])([2H])NC(=O)c1cnc(NC(=O)C2CC2)cc1Nc1cn(C)c2ccn(-c3cc(C)n(C)n3)c(=O)c12. The molecule has 0 unspecified atom stereocenters. The van der Waals surface area contributed by atoms with Gasteiger partial charge in [0, 0.05) is 67.5 Å². The van der Waals surface area contributed by atoms with Crippen LogP contribution in [0.15, 0.2) is 41.6 Å². The molecule has 11 heteroatoms. The molecule has 1 fully saturated rings. The number of nitrogens with one attached hydrogen (secondary N) is 3. The van der Waals surface area contributed by atoms with Crippen LogP contribution in [0.4, 0.5) is 17.2 Å². The zero-order valence-corrected chi connectivity index (χ0v) is 19.4. The van der Waals surface area contributed by atoms with Gasteiger partial charge in [0.2, 0.25) is 5.91 Å². The minimum absolute atomic E-state index is 0.0702. The van der Waals surface area contributed by atoms with Crippen molar-refractivity contribution in [2.45, 2.75) is 19.8 Å². The number of pyridine rings is 2. The lowest BCUT2D eigenvalue weighted by Crippen LogP contribution is -2.21. The van der Waals surface area contributed by atoms with E-state index in [4.69, 9.17) is 4.11 Å². The molecule has 1 aliphatic carbocycles. The fourth-order valence-corrected chi connectivity index (χ4v) is 3.93.